The van der Waals surface area contributed by atoms with Gasteiger partial charge in [-0.3, -0.25) is 4.79 Å². The van der Waals surface area contributed by atoms with E-state index in [0.717, 1.165) is 35.1 Å². The molecule has 3 heterocycles. The zero-order chi connectivity index (χ0) is 18.6. The van der Waals surface area contributed by atoms with Gasteiger partial charge in [0.05, 0.1) is 18.1 Å². The van der Waals surface area contributed by atoms with E-state index < -0.39 is 0 Å². The van der Waals surface area contributed by atoms with Gasteiger partial charge in [0.2, 0.25) is 5.91 Å². The maximum atomic E-state index is 12.1. The van der Waals surface area contributed by atoms with E-state index in [1.165, 1.54) is 38.5 Å². The molecule has 1 saturated heterocycles. The lowest BCUT2D eigenvalue weighted by Crippen LogP contribution is -2.28. The van der Waals surface area contributed by atoms with Crippen molar-refractivity contribution < 1.29 is 4.79 Å². The van der Waals surface area contributed by atoms with Gasteiger partial charge in [0.25, 0.3) is 0 Å². The van der Waals surface area contributed by atoms with Crippen molar-refractivity contribution in [3.8, 4) is 0 Å². The zero-order valence-corrected chi connectivity index (χ0v) is 16.8. The zero-order valence-electron chi connectivity index (χ0n) is 16.0. The highest BCUT2D eigenvalue weighted by Crippen LogP contribution is 2.29. The van der Waals surface area contributed by atoms with Crippen LogP contribution in [0.25, 0.3) is 11.0 Å². The molecule has 2 aliphatic rings. The van der Waals surface area contributed by atoms with Gasteiger partial charge in [-0.05, 0) is 37.9 Å². The van der Waals surface area contributed by atoms with Gasteiger partial charge >= 0.3 is 0 Å². The molecule has 2 fully saturated rings. The number of thioether (sulfide) groups is 1. The fraction of sp³-hybridized carbons (Fsp3) is 0.684. The molecule has 0 bridgehead atoms. The molecular weight excluding hydrogens is 360 g/mol. The van der Waals surface area contributed by atoms with E-state index in [-0.39, 0.29) is 5.91 Å². The average Bonchev–Trinajstić information content (AvgIpc) is 3.43. The summed E-state index contributed by atoms with van der Waals surface area (Å²) < 4.78 is 1.89. The summed E-state index contributed by atoms with van der Waals surface area (Å²) >= 11 is 1.56. The minimum atomic E-state index is 0.163. The summed E-state index contributed by atoms with van der Waals surface area (Å²) in [5.41, 5.74) is 0.862. The van der Waals surface area contributed by atoms with Gasteiger partial charge in [-0.1, -0.05) is 24.6 Å². The minimum absolute atomic E-state index is 0.163. The van der Waals surface area contributed by atoms with Crippen LogP contribution in [0.4, 0.5) is 5.82 Å². The molecule has 0 aromatic carbocycles. The molecule has 0 atom stereocenters. The number of hydrogen-bond acceptors (Lipinski definition) is 6. The maximum absolute atomic E-state index is 12.1. The first-order valence-electron chi connectivity index (χ1n) is 10.0. The van der Waals surface area contributed by atoms with Gasteiger partial charge < -0.3 is 10.2 Å². The second-order valence-electron chi connectivity index (χ2n) is 7.54. The van der Waals surface area contributed by atoms with Crippen LogP contribution in [0.5, 0.6) is 0 Å². The molecule has 4 rings (SSSR count). The van der Waals surface area contributed by atoms with Crippen molar-refractivity contribution in [1.82, 2.24) is 25.1 Å². The number of carbonyl (C=O) groups excluding carboxylic acids is 1. The van der Waals surface area contributed by atoms with Crippen LogP contribution < -0.4 is 10.2 Å². The van der Waals surface area contributed by atoms with Crippen molar-refractivity contribution in [2.45, 2.75) is 56.6 Å². The summed E-state index contributed by atoms with van der Waals surface area (Å²) in [6.07, 6.45) is 11.9. The number of anilines is 1. The molecule has 1 amide bonds. The quantitative estimate of drug-likeness (QED) is 0.581. The van der Waals surface area contributed by atoms with Crippen LogP contribution in [0, 0.1) is 5.92 Å². The second kappa shape index (κ2) is 8.46. The van der Waals surface area contributed by atoms with Crippen molar-refractivity contribution in [1.29, 1.82) is 0 Å². The summed E-state index contributed by atoms with van der Waals surface area (Å²) in [5.74, 6) is 1.74. The van der Waals surface area contributed by atoms with Gasteiger partial charge in [-0.2, -0.15) is 5.10 Å². The largest absolute Gasteiger partial charge is 0.356 e. The Hall–Kier alpha value is -1.83. The standard InChI is InChI=1S/C19H28N6OS/c1-27-19-22-17(24-9-4-5-10-24)15-13-21-25(18(15)23-19)11-8-20-16(26)12-14-6-2-3-7-14/h13-14H,2-12H2,1H3,(H,20,26). The smallest absolute Gasteiger partial charge is 0.220 e. The molecule has 1 aliphatic heterocycles. The van der Waals surface area contributed by atoms with E-state index in [1.54, 1.807) is 11.8 Å². The van der Waals surface area contributed by atoms with Crippen LogP contribution in [-0.4, -0.2) is 51.5 Å². The first kappa shape index (κ1) is 18.5. The van der Waals surface area contributed by atoms with Gasteiger partial charge in [0, 0.05) is 26.1 Å². The summed E-state index contributed by atoms with van der Waals surface area (Å²) in [4.78, 5) is 23.9. The van der Waals surface area contributed by atoms with Crippen LogP contribution in [0.2, 0.25) is 0 Å². The first-order valence-corrected chi connectivity index (χ1v) is 11.3. The number of rotatable bonds is 7. The Balaban J connectivity index is 1.44. The Morgan fingerprint density at radius 1 is 1.22 bits per heavy atom. The van der Waals surface area contributed by atoms with Gasteiger partial charge in [-0.15, -0.1) is 0 Å². The third-order valence-electron chi connectivity index (χ3n) is 5.64. The molecule has 0 unspecified atom stereocenters. The van der Waals surface area contributed by atoms with Crippen molar-refractivity contribution in [2.24, 2.45) is 5.92 Å². The summed E-state index contributed by atoms with van der Waals surface area (Å²) in [6, 6.07) is 0. The van der Waals surface area contributed by atoms with Gasteiger partial charge in [-0.25, -0.2) is 14.6 Å². The van der Waals surface area contributed by atoms with E-state index in [4.69, 9.17) is 4.98 Å². The number of hydrogen-bond donors (Lipinski definition) is 1. The van der Waals surface area contributed by atoms with Crippen LogP contribution in [-0.2, 0) is 11.3 Å². The lowest BCUT2D eigenvalue weighted by Gasteiger charge is -2.17. The topological polar surface area (TPSA) is 75.9 Å². The van der Waals surface area contributed by atoms with Crippen LogP contribution >= 0.6 is 11.8 Å². The number of carbonyl (C=O) groups is 1. The molecule has 1 N–H and O–H groups in total. The van der Waals surface area contributed by atoms with Gasteiger partial charge in [0.15, 0.2) is 10.8 Å². The van der Waals surface area contributed by atoms with Crippen molar-refractivity contribution in [2.75, 3.05) is 30.8 Å². The van der Waals surface area contributed by atoms with E-state index in [0.29, 0.717) is 25.4 Å². The lowest BCUT2D eigenvalue weighted by molar-refractivity contribution is -0.122. The van der Waals surface area contributed by atoms with Crippen molar-refractivity contribution in [3.63, 3.8) is 0 Å². The molecule has 1 aliphatic carbocycles. The molecule has 0 radical (unpaired) electrons. The van der Waals surface area contributed by atoms with E-state index in [9.17, 15) is 4.79 Å². The normalized spacial score (nSPS) is 17.9. The van der Waals surface area contributed by atoms with E-state index >= 15 is 0 Å². The predicted octanol–water partition coefficient (Wildman–Crippen LogP) is 2.84. The fourth-order valence-electron chi connectivity index (χ4n) is 4.20. The highest BCUT2D eigenvalue weighted by atomic mass is 32.2. The average molecular weight is 389 g/mol. The van der Waals surface area contributed by atoms with Crippen LogP contribution in [0.15, 0.2) is 11.4 Å². The molecule has 0 spiro atoms. The van der Waals surface area contributed by atoms with E-state index in [1.807, 2.05) is 17.1 Å². The monoisotopic (exact) mass is 388 g/mol. The summed E-state index contributed by atoms with van der Waals surface area (Å²) in [6.45, 7) is 3.30. The minimum Gasteiger partial charge on any atom is -0.356 e. The fourth-order valence-corrected chi connectivity index (χ4v) is 4.55. The molecular formula is C19H28N6OS. The third kappa shape index (κ3) is 4.20. The Morgan fingerprint density at radius 3 is 2.74 bits per heavy atom. The molecule has 27 heavy (non-hydrogen) atoms. The van der Waals surface area contributed by atoms with Crippen LogP contribution in [0.1, 0.15) is 44.9 Å². The number of nitrogens with one attached hydrogen (secondary N) is 1. The lowest BCUT2D eigenvalue weighted by atomic mass is 10.0. The summed E-state index contributed by atoms with van der Waals surface area (Å²) in [5, 5.41) is 9.36. The SMILES string of the molecule is CSc1nc(N2CCCC2)c2cnn(CCNC(=O)CC3CCCC3)c2n1. The Kier molecular flexibility index (Phi) is 5.80. The Morgan fingerprint density at radius 2 is 2.00 bits per heavy atom. The molecule has 1 saturated carbocycles. The highest BCUT2D eigenvalue weighted by molar-refractivity contribution is 7.98. The highest BCUT2D eigenvalue weighted by Gasteiger charge is 2.21. The molecule has 2 aromatic heterocycles. The molecule has 8 heteroatoms. The van der Waals surface area contributed by atoms with Crippen molar-refractivity contribution >= 4 is 34.5 Å². The maximum Gasteiger partial charge on any atom is 0.220 e. The molecule has 146 valence electrons. The number of amides is 1. The predicted molar refractivity (Wildman–Crippen MR) is 108 cm³/mol. The number of aromatic nitrogens is 4. The van der Waals surface area contributed by atoms with Crippen molar-refractivity contribution in [3.05, 3.63) is 6.20 Å². The number of nitrogens with zero attached hydrogens (tertiary/aromatic N) is 5. The van der Waals surface area contributed by atoms with E-state index in [2.05, 4.69) is 20.3 Å². The molecule has 7 nitrogen and oxygen atoms in total. The Bertz CT molecular complexity index is 795. The second-order valence-corrected chi connectivity index (χ2v) is 8.31. The Labute approximate surface area is 164 Å². The first-order chi connectivity index (χ1) is 13.2. The molecule has 2 aromatic rings. The summed E-state index contributed by atoms with van der Waals surface area (Å²) in [7, 11) is 0. The van der Waals surface area contributed by atoms with Crippen LogP contribution in [0.3, 0.4) is 0 Å². The third-order valence-corrected chi connectivity index (χ3v) is 6.19. The van der Waals surface area contributed by atoms with Gasteiger partial charge in [0.1, 0.15) is 5.82 Å². The number of fused-ring (bicyclic) bond motifs is 1.